The maximum atomic E-state index is 12.5. The van der Waals surface area contributed by atoms with Gasteiger partial charge in [0.05, 0.1) is 12.8 Å². The van der Waals surface area contributed by atoms with Crippen molar-refractivity contribution in [1.82, 2.24) is 4.98 Å². The number of carbonyl (C=O) groups is 1. The Labute approximate surface area is 140 Å². The van der Waals surface area contributed by atoms with Gasteiger partial charge in [0, 0.05) is 12.6 Å². The predicted octanol–water partition coefficient (Wildman–Crippen LogP) is 2.92. The first-order valence-electron chi connectivity index (χ1n) is 7.64. The molecular weight excluding hydrogens is 306 g/mol. The fourth-order valence-corrected chi connectivity index (χ4v) is 2.39. The van der Waals surface area contributed by atoms with Gasteiger partial charge in [-0.2, -0.15) is 0 Å². The van der Waals surface area contributed by atoms with Gasteiger partial charge in [-0.15, -0.1) is 0 Å². The molecule has 1 aliphatic heterocycles. The molecule has 1 aromatic carbocycles. The van der Waals surface area contributed by atoms with E-state index in [4.69, 9.17) is 9.57 Å². The highest BCUT2D eigenvalue weighted by atomic mass is 16.7. The van der Waals surface area contributed by atoms with Gasteiger partial charge >= 0.3 is 0 Å². The van der Waals surface area contributed by atoms with E-state index < -0.39 is 5.60 Å². The summed E-state index contributed by atoms with van der Waals surface area (Å²) in [6.45, 7) is 3.66. The van der Waals surface area contributed by atoms with Crippen molar-refractivity contribution in [2.75, 3.05) is 12.4 Å². The number of hydrogen-bond donors (Lipinski definition) is 1. The molecule has 0 radical (unpaired) electrons. The van der Waals surface area contributed by atoms with E-state index in [0.717, 1.165) is 22.6 Å². The molecule has 6 nitrogen and oxygen atoms in total. The van der Waals surface area contributed by atoms with E-state index in [1.165, 1.54) is 0 Å². The minimum absolute atomic E-state index is 0.272. The number of carbonyl (C=O) groups excluding carboxylic acids is 1. The van der Waals surface area contributed by atoms with Crippen molar-refractivity contribution in [3.8, 4) is 5.75 Å². The van der Waals surface area contributed by atoms with Crippen LogP contribution in [0.15, 0.2) is 47.8 Å². The molecule has 0 spiro atoms. The zero-order chi connectivity index (χ0) is 17.2. The van der Waals surface area contributed by atoms with Crippen molar-refractivity contribution in [2.45, 2.75) is 25.9 Å². The average molecular weight is 325 g/mol. The highest BCUT2D eigenvalue weighted by Crippen LogP contribution is 2.28. The Hall–Kier alpha value is -2.89. The second-order valence-corrected chi connectivity index (χ2v) is 5.94. The van der Waals surface area contributed by atoms with Crippen LogP contribution in [0, 0.1) is 6.92 Å². The first-order valence-corrected chi connectivity index (χ1v) is 7.64. The van der Waals surface area contributed by atoms with Gasteiger partial charge in [0.25, 0.3) is 5.91 Å². The smallest absolute Gasteiger partial charge is 0.272 e. The first-order chi connectivity index (χ1) is 11.5. The van der Waals surface area contributed by atoms with Crippen LogP contribution in [0.25, 0.3) is 0 Å². The molecule has 1 atom stereocenters. The van der Waals surface area contributed by atoms with E-state index in [0.29, 0.717) is 12.2 Å². The van der Waals surface area contributed by atoms with Gasteiger partial charge < -0.3 is 14.9 Å². The third-order valence-corrected chi connectivity index (χ3v) is 3.92. The number of ether oxygens (including phenoxy) is 1. The van der Waals surface area contributed by atoms with Crippen LogP contribution >= 0.6 is 0 Å². The van der Waals surface area contributed by atoms with Crippen LogP contribution in [0.4, 0.5) is 5.82 Å². The average Bonchev–Trinajstić information content (AvgIpc) is 3.01. The molecule has 0 bridgehead atoms. The molecule has 0 aliphatic carbocycles. The van der Waals surface area contributed by atoms with E-state index in [9.17, 15) is 4.79 Å². The van der Waals surface area contributed by atoms with Crippen molar-refractivity contribution >= 4 is 17.4 Å². The van der Waals surface area contributed by atoms with Crippen LogP contribution in [-0.4, -0.2) is 29.3 Å². The predicted molar refractivity (Wildman–Crippen MR) is 91.2 cm³/mol. The fourth-order valence-electron chi connectivity index (χ4n) is 2.39. The second-order valence-electron chi connectivity index (χ2n) is 5.94. The standard InChI is InChI=1S/C18H19N3O3/c1-12-4-9-16(19-11-12)20-17(22)18(2)10-15(21-24-18)13-5-7-14(23-3)8-6-13/h4-9,11H,10H2,1-3H3,(H,19,20,22). The highest BCUT2D eigenvalue weighted by molar-refractivity contribution is 6.07. The number of anilines is 1. The lowest BCUT2D eigenvalue weighted by Crippen LogP contribution is -2.40. The Morgan fingerprint density at radius 3 is 2.62 bits per heavy atom. The van der Waals surface area contributed by atoms with Crippen molar-refractivity contribution in [3.63, 3.8) is 0 Å². The van der Waals surface area contributed by atoms with E-state index >= 15 is 0 Å². The maximum Gasteiger partial charge on any atom is 0.272 e. The summed E-state index contributed by atoms with van der Waals surface area (Å²) in [5.74, 6) is 0.989. The molecule has 3 rings (SSSR count). The lowest BCUT2D eigenvalue weighted by molar-refractivity contribution is -0.135. The SMILES string of the molecule is COc1ccc(C2=NOC(C)(C(=O)Nc3ccc(C)cn3)C2)cc1. The molecule has 6 heteroatoms. The summed E-state index contributed by atoms with van der Waals surface area (Å²) >= 11 is 0. The largest absolute Gasteiger partial charge is 0.497 e. The molecule has 1 N–H and O–H groups in total. The zero-order valence-electron chi connectivity index (χ0n) is 13.9. The molecule has 24 heavy (non-hydrogen) atoms. The molecule has 2 heterocycles. The summed E-state index contributed by atoms with van der Waals surface area (Å²) in [5, 5.41) is 6.86. The highest BCUT2D eigenvalue weighted by Gasteiger charge is 2.42. The van der Waals surface area contributed by atoms with Crippen molar-refractivity contribution in [1.29, 1.82) is 0 Å². The molecule has 2 aromatic rings. The number of methoxy groups -OCH3 is 1. The molecule has 0 saturated heterocycles. The van der Waals surface area contributed by atoms with Crippen LogP contribution in [0.3, 0.4) is 0 Å². The number of pyridine rings is 1. The van der Waals surface area contributed by atoms with Gasteiger partial charge in [0.15, 0.2) is 0 Å². The Morgan fingerprint density at radius 1 is 1.25 bits per heavy atom. The third-order valence-electron chi connectivity index (χ3n) is 3.92. The lowest BCUT2D eigenvalue weighted by atomic mass is 9.95. The summed E-state index contributed by atoms with van der Waals surface area (Å²) in [4.78, 5) is 22.1. The number of aryl methyl sites for hydroxylation is 1. The Bertz CT molecular complexity index is 769. The topological polar surface area (TPSA) is 72.8 Å². The summed E-state index contributed by atoms with van der Waals surface area (Å²) < 4.78 is 5.14. The van der Waals surface area contributed by atoms with Gasteiger partial charge in [-0.3, -0.25) is 4.79 Å². The summed E-state index contributed by atoms with van der Waals surface area (Å²) in [6.07, 6.45) is 2.09. The van der Waals surface area contributed by atoms with E-state index in [1.807, 2.05) is 37.3 Å². The number of rotatable bonds is 4. The van der Waals surface area contributed by atoms with Crippen LogP contribution in [0.1, 0.15) is 24.5 Å². The van der Waals surface area contributed by atoms with Crippen molar-refractivity contribution < 1.29 is 14.4 Å². The molecule has 0 saturated carbocycles. The number of amides is 1. The lowest BCUT2D eigenvalue weighted by Gasteiger charge is -2.20. The van der Waals surface area contributed by atoms with Crippen LogP contribution in [-0.2, 0) is 9.63 Å². The number of aromatic nitrogens is 1. The number of benzene rings is 1. The van der Waals surface area contributed by atoms with E-state index in [1.54, 1.807) is 26.3 Å². The van der Waals surface area contributed by atoms with Gasteiger partial charge in [-0.1, -0.05) is 11.2 Å². The van der Waals surface area contributed by atoms with E-state index in [2.05, 4.69) is 15.5 Å². The molecular formula is C18H19N3O3. The normalized spacial score (nSPS) is 19.4. The first kappa shape index (κ1) is 16.0. The van der Waals surface area contributed by atoms with Gasteiger partial charge in [0.1, 0.15) is 11.6 Å². The molecule has 1 aliphatic rings. The summed E-state index contributed by atoms with van der Waals surface area (Å²) in [5.41, 5.74) is 1.61. The minimum atomic E-state index is -1.05. The van der Waals surface area contributed by atoms with Crippen LogP contribution < -0.4 is 10.1 Å². The second kappa shape index (κ2) is 6.31. The number of nitrogens with one attached hydrogen (secondary N) is 1. The summed E-state index contributed by atoms with van der Waals surface area (Å²) in [6, 6.07) is 11.1. The van der Waals surface area contributed by atoms with Crippen molar-refractivity contribution in [3.05, 3.63) is 53.7 Å². The Morgan fingerprint density at radius 2 is 2.00 bits per heavy atom. The van der Waals surface area contributed by atoms with Gasteiger partial charge in [0.2, 0.25) is 5.60 Å². The number of oxime groups is 1. The van der Waals surface area contributed by atoms with Crippen LogP contribution in [0.5, 0.6) is 5.75 Å². The van der Waals surface area contributed by atoms with Crippen molar-refractivity contribution in [2.24, 2.45) is 5.16 Å². The zero-order valence-corrected chi connectivity index (χ0v) is 13.9. The molecule has 1 amide bonds. The number of hydrogen-bond acceptors (Lipinski definition) is 5. The van der Waals surface area contributed by atoms with E-state index in [-0.39, 0.29) is 5.91 Å². The molecule has 124 valence electrons. The Kier molecular flexibility index (Phi) is 4.20. The number of nitrogens with zero attached hydrogens (tertiary/aromatic N) is 2. The fraction of sp³-hybridized carbons (Fsp3) is 0.278. The Balaban J connectivity index is 1.69. The molecule has 1 unspecified atom stereocenters. The minimum Gasteiger partial charge on any atom is -0.497 e. The van der Waals surface area contributed by atoms with Gasteiger partial charge in [-0.05, 0) is 55.3 Å². The molecule has 0 fully saturated rings. The monoisotopic (exact) mass is 325 g/mol. The molecule has 1 aromatic heterocycles. The van der Waals surface area contributed by atoms with Crippen LogP contribution in [0.2, 0.25) is 0 Å². The van der Waals surface area contributed by atoms with Gasteiger partial charge in [-0.25, -0.2) is 4.98 Å². The maximum absolute atomic E-state index is 12.5. The third kappa shape index (κ3) is 3.22. The quantitative estimate of drug-likeness (QED) is 0.938. The summed E-state index contributed by atoms with van der Waals surface area (Å²) in [7, 11) is 1.62.